The number of ether oxygens (including phenoxy) is 4. The van der Waals surface area contributed by atoms with Crippen LogP contribution in [0.25, 0.3) is 11.0 Å². The van der Waals surface area contributed by atoms with Crippen molar-refractivity contribution in [2.75, 3.05) is 50.2 Å². The average molecular weight is 492 g/mol. The highest BCUT2D eigenvalue weighted by Crippen LogP contribution is 2.39. The van der Waals surface area contributed by atoms with E-state index in [0.717, 1.165) is 35.3 Å². The number of methoxy groups -OCH3 is 1. The molecule has 5 heterocycles. The minimum Gasteiger partial charge on any atom is -0.491 e. The van der Waals surface area contributed by atoms with E-state index in [1.165, 1.54) is 0 Å². The number of hydrogen-bond donors (Lipinski definition) is 2. The molecule has 0 saturated carbocycles. The number of aromatic nitrogens is 2. The maximum absolute atomic E-state index is 12.5. The van der Waals surface area contributed by atoms with E-state index in [1.807, 2.05) is 6.07 Å². The number of anilines is 2. The number of nitrogens with one attached hydrogen (secondary N) is 2. The van der Waals surface area contributed by atoms with Gasteiger partial charge in [-0.25, -0.2) is 9.78 Å². The van der Waals surface area contributed by atoms with Gasteiger partial charge in [-0.3, -0.25) is 14.7 Å². The van der Waals surface area contributed by atoms with Crippen LogP contribution in [0.1, 0.15) is 17.9 Å². The molecule has 0 radical (unpaired) electrons. The van der Waals surface area contributed by atoms with Gasteiger partial charge in [0.1, 0.15) is 23.1 Å². The first-order valence-corrected chi connectivity index (χ1v) is 11.8. The molecule has 2 aromatic heterocycles. The Morgan fingerprint density at radius 1 is 1.19 bits per heavy atom. The molecule has 11 heteroatoms. The van der Waals surface area contributed by atoms with Crippen molar-refractivity contribution < 1.29 is 28.5 Å². The highest BCUT2D eigenvalue weighted by molar-refractivity contribution is 5.97. The molecule has 0 spiro atoms. The van der Waals surface area contributed by atoms with Crippen LogP contribution in [0, 0.1) is 0 Å². The van der Waals surface area contributed by atoms with Gasteiger partial charge in [0.15, 0.2) is 6.61 Å². The van der Waals surface area contributed by atoms with Crippen LogP contribution in [0.3, 0.4) is 0 Å². The van der Waals surface area contributed by atoms with Crippen molar-refractivity contribution in [1.82, 2.24) is 15.3 Å². The number of rotatable bonds is 7. The van der Waals surface area contributed by atoms with Gasteiger partial charge in [-0.1, -0.05) is 0 Å². The smallest absolute Gasteiger partial charge is 0.414 e. The lowest BCUT2D eigenvalue weighted by molar-refractivity contribution is -0.118. The fourth-order valence-electron chi connectivity index (χ4n) is 4.79. The number of carbonyl (C=O) groups excluding carboxylic acids is 2. The third kappa shape index (κ3) is 4.11. The van der Waals surface area contributed by atoms with E-state index in [-0.39, 0.29) is 24.5 Å². The van der Waals surface area contributed by atoms with E-state index < -0.39 is 6.09 Å². The van der Waals surface area contributed by atoms with Crippen LogP contribution in [0.5, 0.6) is 17.4 Å². The molecule has 3 aliphatic rings. The number of benzene rings is 1. The Labute approximate surface area is 206 Å². The van der Waals surface area contributed by atoms with Crippen LogP contribution < -0.4 is 29.7 Å². The zero-order valence-corrected chi connectivity index (χ0v) is 19.7. The number of fused-ring (bicyclic) bond motifs is 4. The first-order valence-electron chi connectivity index (χ1n) is 11.8. The third-order valence-electron chi connectivity index (χ3n) is 6.57. The summed E-state index contributed by atoms with van der Waals surface area (Å²) in [6.07, 6.45) is 1.88. The number of cyclic esters (lactones) is 1. The molecule has 1 saturated heterocycles. The van der Waals surface area contributed by atoms with Crippen LogP contribution in [-0.2, 0) is 9.53 Å². The predicted octanol–water partition coefficient (Wildman–Crippen LogP) is 2.45. The molecule has 0 aliphatic carbocycles. The second-order valence-electron chi connectivity index (χ2n) is 8.89. The van der Waals surface area contributed by atoms with Crippen molar-refractivity contribution in [3.05, 3.63) is 42.1 Å². The van der Waals surface area contributed by atoms with E-state index in [0.29, 0.717) is 42.7 Å². The van der Waals surface area contributed by atoms with Crippen molar-refractivity contribution in [2.45, 2.75) is 18.4 Å². The Kier molecular flexibility index (Phi) is 5.68. The lowest BCUT2D eigenvalue weighted by Gasteiger charge is -2.20. The number of hydrogen-bond acceptors (Lipinski definition) is 9. The summed E-state index contributed by atoms with van der Waals surface area (Å²) >= 11 is 0. The molecule has 0 bridgehead atoms. The predicted molar refractivity (Wildman–Crippen MR) is 130 cm³/mol. The van der Waals surface area contributed by atoms with Crippen LogP contribution in [-0.4, -0.2) is 68.0 Å². The SMILES string of the molecule is COc1ccc2ncc3c(c2n1)C(CCNCC1CN(c2ccc4c(c2)NC(=O)CO4)C(=O)O1)CO3. The van der Waals surface area contributed by atoms with Crippen molar-refractivity contribution >= 4 is 34.4 Å². The minimum absolute atomic E-state index is 0.0117. The topological polar surface area (TPSA) is 124 Å². The van der Waals surface area contributed by atoms with Gasteiger partial charge in [-0.15, -0.1) is 0 Å². The quantitative estimate of drug-likeness (QED) is 0.480. The summed E-state index contributed by atoms with van der Waals surface area (Å²) in [6, 6.07) is 8.96. The van der Waals surface area contributed by atoms with Crippen LogP contribution >= 0.6 is 0 Å². The van der Waals surface area contributed by atoms with Crippen molar-refractivity contribution in [3.8, 4) is 17.4 Å². The van der Waals surface area contributed by atoms with Gasteiger partial charge in [-0.05, 0) is 37.2 Å². The molecule has 2 N–H and O–H groups in total. The molecule has 6 rings (SSSR count). The van der Waals surface area contributed by atoms with E-state index in [4.69, 9.17) is 18.9 Å². The standard InChI is InChI=1S/C25H25N5O6/c1-33-22-5-3-17-24(29-22)23-14(12-34-20(23)10-27-17)6-7-26-9-16-11-30(25(32)36-16)15-2-4-19-18(8-15)28-21(31)13-35-19/h2-5,8,10,14,16,26H,6-7,9,11-13H2,1H3,(H,28,31). The summed E-state index contributed by atoms with van der Waals surface area (Å²) in [4.78, 5) is 34.7. The molecule has 3 aromatic rings. The Morgan fingerprint density at radius 3 is 3.00 bits per heavy atom. The fourth-order valence-corrected chi connectivity index (χ4v) is 4.79. The normalized spacial score (nSPS) is 20.3. The summed E-state index contributed by atoms with van der Waals surface area (Å²) < 4.78 is 22.1. The van der Waals surface area contributed by atoms with Crippen molar-refractivity contribution in [2.24, 2.45) is 0 Å². The first-order chi connectivity index (χ1) is 17.6. The number of nitrogens with zero attached hydrogens (tertiary/aromatic N) is 3. The molecular formula is C25H25N5O6. The Hall–Kier alpha value is -4.12. The van der Waals surface area contributed by atoms with Crippen molar-refractivity contribution in [3.63, 3.8) is 0 Å². The molecule has 1 fully saturated rings. The summed E-state index contributed by atoms with van der Waals surface area (Å²) in [5.74, 6) is 1.84. The maximum atomic E-state index is 12.5. The molecule has 3 aliphatic heterocycles. The van der Waals surface area contributed by atoms with Gasteiger partial charge in [-0.2, -0.15) is 0 Å². The number of pyridine rings is 2. The van der Waals surface area contributed by atoms with Gasteiger partial charge >= 0.3 is 6.09 Å². The molecular weight excluding hydrogens is 466 g/mol. The molecule has 11 nitrogen and oxygen atoms in total. The lowest BCUT2D eigenvalue weighted by Crippen LogP contribution is -2.32. The molecule has 2 unspecified atom stereocenters. The number of amides is 2. The summed E-state index contributed by atoms with van der Waals surface area (Å²) in [6.45, 7) is 2.21. The minimum atomic E-state index is -0.415. The van der Waals surface area contributed by atoms with E-state index >= 15 is 0 Å². The average Bonchev–Trinajstić information content (AvgIpc) is 3.49. The zero-order valence-electron chi connectivity index (χ0n) is 19.7. The highest BCUT2D eigenvalue weighted by atomic mass is 16.6. The van der Waals surface area contributed by atoms with Crippen LogP contribution in [0.15, 0.2) is 36.5 Å². The first kappa shape index (κ1) is 22.4. The monoisotopic (exact) mass is 491 g/mol. The summed E-state index contributed by atoms with van der Waals surface area (Å²) in [5.41, 5.74) is 3.87. The van der Waals surface area contributed by atoms with Gasteiger partial charge < -0.3 is 29.6 Å². The Bertz CT molecular complexity index is 1350. The van der Waals surface area contributed by atoms with E-state index in [1.54, 1.807) is 42.5 Å². The molecule has 36 heavy (non-hydrogen) atoms. The second-order valence-corrected chi connectivity index (χ2v) is 8.89. The Morgan fingerprint density at radius 2 is 2.11 bits per heavy atom. The zero-order chi connectivity index (χ0) is 24.6. The highest BCUT2D eigenvalue weighted by Gasteiger charge is 2.33. The second kappa shape index (κ2) is 9.15. The van der Waals surface area contributed by atoms with Gasteiger partial charge in [0.2, 0.25) is 5.88 Å². The van der Waals surface area contributed by atoms with Gasteiger partial charge in [0.05, 0.1) is 37.7 Å². The number of carbonyl (C=O) groups is 2. The Balaban J connectivity index is 1.05. The maximum Gasteiger partial charge on any atom is 0.414 e. The lowest BCUT2D eigenvalue weighted by atomic mass is 9.97. The summed E-state index contributed by atoms with van der Waals surface area (Å²) in [5, 5.41) is 6.17. The largest absolute Gasteiger partial charge is 0.491 e. The van der Waals surface area contributed by atoms with Gasteiger partial charge in [0, 0.05) is 29.8 Å². The molecule has 2 amide bonds. The van der Waals surface area contributed by atoms with Crippen LogP contribution in [0.2, 0.25) is 0 Å². The van der Waals surface area contributed by atoms with Gasteiger partial charge in [0.25, 0.3) is 5.91 Å². The summed E-state index contributed by atoms with van der Waals surface area (Å²) in [7, 11) is 1.59. The molecule has 2 atom stereocenters. The third-order valence-corrected chi connectivity index (χ3v) is 6.57. The molecule has 1 aromatic carbocycles. The van der Waals surface area contributed by atoms with E-state index in [2.05, 4.69) is 20.6 Å². The molecule has 186 valence electrons. The fraction of sp³-hybridized carbons (Fsp3) is 0.360. The van der Waals surface area contributed by atoms with Crippen LogP contribution in [0.4, 0.5) is 16.2 Å². The van der Waals surface area contributed by atoms with E-state index in [9.17, 15) is 9.59 Å². The van der Waals surface area contributed by atoms with Crippen molar-refractivity contribution in [1.29, 1.82) is 0 Å².